The fourth-order valence-electron chi connectivity index (χ4n) is 3.54. The van der Waals surface area contributed by atoms with Crippen molar-refractivity contribution in [3.63, 3.8) is 0 Å². The molecule has 9 heteroatoms. The number of hydrogen-bond acceptors (Lipinski definition) is 2. The zero-order valence-electron chi connectivity index (χ0n) is 17.8. The molecule has 30 heavy (non-hydrogen) atoms. The maximum atomic E-state index is 12.6. The minimum Gasteiger partial charge on any atom is -0.351 e. The van der Waals surface area contributed by atoms with Crippen LogP contribution in [0.3, 0.4) is 0 Å². The number of nitrogens with one attached hydrogen (secondary N) is 3. The first-order valence-electron chi connectivity index (χ1n) is 10.5. The smallest absolute Gasteiger partial charge is 0.351 e. The number of alkyl halides is 3. The largest absolute Gasteiger partial charge is 0.416 e. The lowest BCUT2D eigenvalue weighted by Gasteiger charge is -2.32. The van der Waals surface area contributed by atoms with Crippen molar-refractivity contribution >= 4 is 11.8 Å². The number of unbranched alkanes of at least 4 members (excludes halogenated alkanes) is 1. The molecule has 1 atom stereocenters. The van der Waals surface area contributed by atoms with E-state index in [9.17, 15) is 22.8 Å². The number of carbonyl (C=O) groups excluding carboxylic acids is 2. The van der Waals surface area contributed by atoms with Gasteiger partial charge in [0.25, 0.3) is 11.8 Å². The summed E-state index contributed by atoms with van der Waals surface area (Å²) in [4.78, 5) is 28.4. The molecule has 6 nitrogen and oxygen atoms in total. The summed E-state index contributed by atoms with van der Waals surface area (Å²) in [5, 5.41) is 2.92. The lowest BCUT2D eigenvalue weighted by molar-refractivity contribution is -0.897. The Labute approximate surface area is 176 Å². The van der Waals surface area contributed by atoms with Gasteiger partial charge in [-0.2, -0.15) is 13.2 Å². The highest BCUT2D eigenvalue weighted by atomic mass is 19.4. The normalized spacial score (nSPS) is 16.4. The Bertz CT molecular complexity index is 686. The Hall–Kier alpha value is -2.13. The Morgan fingerprint density at radius 2 is 1.80 bits per heavy atom. The van der Waals surface area contributed by atoms with Crippen molar-refractivity contribution < 1.29 is 32.6 Å². The van der Waals surface area contributed by atoms with Crippen LogP contribution in [0.15, 0.2) is 24.3 Å². The molecule has 1 unspecified atom stereocenters. The van der Waals surface area contributed by atoms with Gasteiger partial charge in [0, 0.05) is 12.1 Å². The van der Waals surface area contributed by atoms with Crippen LogP contribution in [-0.4, -0.2) is 69.6 Å². The lowest BCUT2D eigenvalue weighted by atomic mass is 10.1. The minimum atomic E-state index is -4.34. The van der Waals surface area contributed by atoms with Gasteiger partial charge in [0.05, 0.1) is 38.8 Å². The molecule has 1 aromatic rings. The van der Waals surface area contributed by atoms with E-state index in [1.807, 2.05) is 11.9 Å². The van der Waals surface area contributed by atoms with E-state index in [-0.39, 0.29) is 18.4 Å². The van der Waals surface area contributed by atoms with Gasteiger partial charge in [0.2, 0.25) is 0 Å². The summed E-state index contributed by atoms with van der Waals surface area (Å²) < 4.78 is 37.9. The summed E-state index contributed by atoms with van der Waals surface area (Å²) in [7, 11) is 1.86. The predicted molar refractivity (Wildman–Crippen MR) is 107 cm³/mol. The van der Waals surface area contributed by atoms with Crippen LogP contribution < -0.4 is 15.1 Å². The fraction of sp³-hybridized carbons (Fsp3) is 0.619. The van der Waals surface area contributed by atoms with Crippen molar-refractivity contribution in [2.24, 2.45) is 0 Å². The van der Waals surface area contributed by atoms with E-state index in [4.69, 9.17) is 0 Å². The van der Waals surface area contributed by atoms with Crippen LogP contribution in [0.5, 0.6) is 0 Å². The minimum absolute atomic E-state index is 0.0332. The third-order valence-corrected chi connectivity index (χ3v) is 5.33. The van der Waals surface area contributed by atoms with Gasteiger partial charge in [-0.15, -0.1) is 0 Å². The molecular formula is C21H33F3N4O2+2. The zero-order valence-corrected chi connectivity index (χ0v) is 17.8. The van der Waals surface area contributed by atoms with E-state index in [1.54, 1.807) is 0 Å². The third-order valence-electron chi connectivity index (χ3n) is 5.33. The van der Waals surface area contributed by atoms with Crippen LogP contribution in [0.2, 0.25) is 0 Å². The molecule has 0 aromatic heterocycles. The van der Waals surface area contributed by atoms with Crippen LogP contribution in [0, 0.1) is 0 Å². The van der Waals surface area contributed by atoms with Crippen molar-refractivity contribution in [3.8, 4) is 0 Å². The van der Waals surface area contributed by atoms with E-state index in [1.165, 1.54) is 17.0 Å². The molecule has 0 saturated carbocycles. The van der Waals surface area contributed by atoms with E-state index >= 15 is 0 Å². The van der Waals surface area contributed by atoms with Gasteiger partial charge in [0.15, 0.2) is 13.1 Å². The fourth-order valence-corrected chi connectivity index (χ4v) is 3.54. The van der Waals surface area contributed by atoms with Gasteiger partial charge in [-0.05, 0) is 18.6 Å². The topological polar surface area (TPSA) is 58.3 Å². The lowest BCUT2D eigenvalue weighted by Crippen LogP contribution is -3.16. The molecule has 2 amide bonds. The molecule has 1 saturated heterocycles. The van der Waals surface area contributed by atoms with Gasteiger partial charge in [-0.1, -0.05) is 25.5 Å². The molecule has 0 radical (unpaired) electrons. The standard InChI is InChI=1S/C21H31F3N4O2/c1-3-4-9-25-19(29)15-27-10-12-28(13-11-27)20(30)16-26(2)14-17-5-7-18(8-6-17)21(22,23)24/h5-8H,3-4,9-16H2,1-2H3,(H,25,29)/p+2. The maximum absolute atomic E-state index is 12.6. The Balaban J connectivity index is 1.72. The number of amides is 2. The highest BCUT2D eigenvalue weighted by Gasteiger charge is 2.30. The zero-order chi connectivity index (χ0) is 22.1. The van der Waals surface area contributed by atoms with Gasteiger partial charge in [0.1, 0.15) is 6.54 Å². The number of carbonyl (C=O) groups is 2. The van der Waals surface area contributed by atoms with E-state index in [2.05, 4.69) is 12.2 Å². The van der Waals surface area contributed by atoms with Gasteiger partial charge in [-0.25, -0.2) is 0 Å². The number of nitrogens with zero attached hydrogens (tertiary/aromatic N) is 1. The molecule has 1 heterocycles. The van der Waals surface area contributed by atoms with E-state index < -0.39 is 11.7 Å². The molecule has 168 valence electrons. The summed E-state index contributed by atoms with van der Waals surface area (Å²) in [6.07, 6.45) is -2.32. The third kappa shape index (κ3) is 7.95. The van der Waals surface area contributed by atoms with Crippen molar-refractivity contribution in [2.45, 2.75) is 32.5 Å². The summed E-state index contributed by atoms with van der Waals surface area (Å²) in [5.74, 6) is 0.0878. The number of halogens is 3. The van der Waals surface area contributed by atoms with Crippen molar-refractivity contribution in [2.75, 3.05) is 52.9 Å². The van der Waals surface area contributed by atoms with Crippen molar-refractivity contribution in [1.82, 2.24) is 10.2 Å². The maximum Gasteiger partial charge on any atom is 0.416 e. The Morgan fingerprint density at radius 3 is 2.37 bits per heavy atom. The first-order valence-corrected chi connectivity index (χ1v) is 10.5. The van der Waals surface area contributed by atoms with E-state index in [0.29, 0.717) is 32.7 Å². The summed E-state index contributed by atoms with van der Waals surface area (Å²) in [6.45, 7) is 6.70. The highest BCUT2D eigenvalue weighted by molar-refractivity contribution is 5.77. The molecule has 3 N–H and O–H groups in total. The molecule has 0 bridgehead atoms. The SMILES string of the molecule is CCCCNC(=O)C[NH+]1CCN(C(=O)C[NH+](C)Cc2ccc(C(F)(F)F)cc2)CC1. The average molecular weight is 431 g/mol. The average Bonchev–Trinajstić information content (AvgIpc) is 2.68. The predicted octanol–water partition coefficient (Wildman–Crippen LogP) is -0.636. The van der Waals surface area contributed by atoms with Crippen LogP contribution in [-0.2, 0) is 22.3 Å². The molecule has 1 aliphatic rings. The summed E-state index contributed by atoms with van der Waals surface area (Å²) in [5.41, 5.74) is 0.0936. The Morgan fingerprint density at radius 1 is 1.17 bits per heavy atom. The number of likely N-dealkylation sites (N-methyl/N-ethyl adjacent to an activating group) is 1. The molecule has 0 spiro atoms. The number of quaternary nitrogens is 2. The number of rotatable bonds is 9. The van der Waals surface area contributed by atoms with Crippen molar-refractivity contribution in [3.05, 3.63) is 35.4 Å². The summed E-state index contributed by atoms with van der Waals surface area (Å²) in [6, 6.07) is 5.07. The Kier molecular flexibility index (Phi) is 9.10. The highest BCUT2D eigenvalue weighted by Crippen LogP contribution is 2.28. The molecular weight excluding hydrogens is 397 g/mol. The van der Waals surface area contributed by atoms with Gasteiger partial charge >= 0.3 is 6.18 Å². The second-order valence-corrected chi connectivity index (χ2v) is 8.02. The van der Waals surface area contributed by atoms with E-state index in [0.717, 1.165) is 48.5 Å². The number of benzene rings is 1. The molecule has 2 rings (SSSR count). The second kappa shape index (κ2) is 11.3. The van der Waals surface area contributed by atoms with Crippen LogP contribution >= 0.6 is 0 Å². The first-order chi connectivity index (χ1) is 14.2. The van der Waals surface area contributed by atoms with Gasteiger partial charge in [-0.3, -0.25) is 9.59 Å². The van der Waals surface area contributed by atoms with Gasteiger partial charge < -0.3 is 20.0 Å². The van der Waals surface area contributed by atoms with Crippen LogP contribution in [0.1, 0.15) is 30.9 Å². The second-order valence-electron chi connectivity index (χ2n) is 8.02. The summed E-state index contributed by atoms with van der Waals surface area (Å²) >= 11 is 0. The van der Waals surface area contributed by atoms with Crippen LogP contribution in [0.25, 0.3) is 0 Å². The first kappa shape index (κ1) is 24.1. The molecule has 1 fully saturated rings. The molecule has 1 aliphatic heterocycles. The quantitative estimate of drug-likeness (QED) is 0.457. The monoisotopic (exact) mass is 430 g/mol. The van der Waals surface area contributed by atoms with Crippen LogP contribution in [0.4, 0.5) is 13.2 Å². The molecule has 0 aliphatic carbocycles. The van der Waals surface area contributed by atoms with Crippen molar-refractivity contribution in [1.29, 1.82) is 0 Å². The molecule has 1 aromatic carbocycles. The number of hydrogen-bond donors (Lipinski definition) is 3. The number of piperazine rings is 1.